The number of piperidine rings is 1. The summed E-state index contributed by atoms with van der Waals surface area (Å²) in [6, 6.07) is 2.38. The number of nitrogens with one attached hydrogen (secondary N) is 1. The summed E-state index contributed by atoms with van der Waals surface area (Å²) in [5.74, 6) is 0. The maximum atomic E-state index is 3.63. The number of nitrogens with zero attached hydrogens (tertiary/aromatic N) is 2. The van der Waals surface area contributed by atoms with Gasteiger partial charge in [-0.3, -0.25) is 0 Å². The third-order valence-electron chi connectivity index (χ3n) is 4.85. The Morgan fingerprint density at radius 1 is 1.22 bits per heavy atom. The van der Waals surface area contributed by atoms with E-state index in [-0.39, 0.29) is 0 Å². The highest BCUT2D eigenvalue weighted by atomic mass is 15.2. The van der Waals surface area contributed by atoms with Gasteiger partial charge in [-0.1, -0.05) is 6.92 Å². The summed E-state index contributed by atoms with van der Waals surface area (Å²) >= 11 is 0. The lowest BCUT2D eigenvalue weighted by molar-refractivity contribution is 0.101. The van der Waals surface area contributed by atoms with E-state index in [4.69, 9.17) is 0 Å². The van der Waals surface area contributed by atoms with Gasteiger partial charge >= 0.3 is 0 Å². The molecule has 1 aliphatic heterocycles. The van der Waals surface area contributed by atoms with E-state index in [2.05, 4.69) is 36.0 Å². The Labute approximate surface area is 113 Å². The second-order valence-electron chi connectivity index (χ2n) is 6.20. The van der Waals surface area contributed by atoms with E-state index in [9.17, 15) is 0 Å². The zero-order valence-corrected chi connectivity index (χ0v) is 12.5. The summed E-state index contributed by atoms with van der Waals surface area (Å²) in [5.41, 5.74) is 0. The van der Waals surface area contributed by atoms with Gasteiger partial charge in [-0.05, 0) is 72.3 Å². The smallest absolute Gasteiger partial charge is 0.0119 e. The normalized spacial score (nSPS) is 24.7. The van der Waals surface area contributed by atoms with Crippen LogP contribution >= 0.6 is 0 Å². The summed E-state index contributed by atoms with van der Waals surface area (Å²) in [5, 5.41) is 3.63. The molecule has 1 heterocycles. The Kier molecular flexibility index (Phi) is 5.46. The molecule has 1 unspecified atom stereocenters. The molecule has 0 radical (unpaired) electrons. The SMILES string of the molecule is CCN1CCC(N(C)C(C)CCNC2CC2)CC1. The lowest BCUT2D eigenvalue weighted by Gasteiger charge is -2.39. The van der Waals surface area contributed by atoms with Gasteiger partial charge in [0.15, 0.2) is 0 Å². The fourth-order valence-electron chi connectivity index (χ4n) is 2.99. The molecule has 3 heteroatoms. The molecule has 0 aromatic heterocycles. The predicted molar refractivity (Wildman–Crippen MR) is 78.0 cm³/mol. The molecule has 0 bridgehead atoms. The molecule has 1 aliphatic carbocycles. The van der Waals surface area contributed by atoms with Crippen molar-refractivity contribution in [1.82, 2.24) is 15.1 Å². The molecule has 1 N–H and O–H groups in total. The van der Waals surface area contributed by atoms with Crippen LogP contribution in [0.4, 0.5) is 0 Å². The van der Waals surface area contributed by atoms with Crippen molar-refractivity contribution in [3.05, 3.63) is 0 Å². The van der Waals surface area contributed by atoms with Gasteiger partial charge in [0.1, 0.15) is 0 Å². The van der Waals surface area contributed by atoms with Crippen LogP contribution in [0.15, 0.2) is 0 Å². The van der Waals surface area contributed by atoms with Crippen LogP contribution in [-0.4, -0.2) is 61.2 Å². The fraction of sp³-hybridized carbons (Fsp3) is 1.00. The van der Waals surface area contributed by atoms with E-state index in [0.717, 1.165) is 18.1 Å². The third-order valence-corrected chi connectivity index (χ3v) is 4.85. The molecule has 3 nitrogen and oxygen atoms in total. The van der Waals surface area contributed by atoms with Gasteiger partial charge in [-0.2, -0.15) is 0 Å². The molecule has 0 spiro atoms. The number of likely N-dealkylation sites (tertiary alicyclic amines) is 1. The average molecular weight is 253 g/mol. The first-order valence-electron chi connectivity index (χ1n) is 7.88. The van der Waals surface area contributed by atoms with Crippen LogP contribution in [-0.2, 0) is 0 Å². The van der Waals surface area contributed by atoms with E-state index in [1.807, 2.05) is 0 Å². The van der Waals surface area contributed by atoms with Crippen molar-refractivity contribution >= 4 is 0 Å². The Morgan fingerprint density at radius 3 is 2.44 bits per heavy atom. The molecule has 0 amide bonds. The second-order valence-corrected chi connectivity index (χ2v) is 6.20. The van der Waals surface area contributed by atoms with Crippen molar-refractivity contribution in [2.45, 2.75) is 64.1 Å². The minimum atomic E-state index is 0.717. The van der Waals surface area contributed by atoms with Crippen LogP contribution in [0.1, 0.15) is 46.0 Å². The molecule has 0 aromatic rings. The maximum Gasteiger partial charge on any atom is 0.0119 e. The van der Waals surface area contributed by atoms with Crippen LogP contribution in [0.5, 0.6) is 0 Å². The van der Waals surface area contributed by atoms with E-state index in [1.54, 1.807) is 0 Å². The Hall–Kier alpha value is -0.120. The molecule has 0 aromatic carbocycles. The minimum Gasteiger partial charge on any atom is -0.314 e. The lowest BCUT2D eigenvalue weighted by atomic mass is 10.0. The highest BCUT2D eigenvalue weighted by Crippen LogP contribution is 2.20. The standard InChI is InChI=1S/C15H31N3/c1-4-18-11-8-15(9-12-18)17(3)13(2)7-10-16-14-5-6-14/h13-16H,4-12H2,1-3H3. The van der Waals surface area contributed by atoms with Crippen molar-refractivity contribution in [1.29, 1.82) is 0 Å². The molecule has 106 valence electrons. The number of hydrogen-bond donors (Lipinski definition) is 1. The first kappa shape index (κ1) is 14.3. The predicted octanol–water partition coefficient (Wildman–Crippen LogP) is 1.93. The van der Waals surface area contributed by atoms with E-state index in [0.29, 0.717) is 0 Å². The van der Waals surface area contributed by atoms with Crippen molar-refractivity contribution in [2.75, 3.05) is 33.2 Å². The van der Waals surface area contributed by atoms with Gasteiger partial charge in [0.2, 0.25) is 0 Å². The Balaban J connectivity index is 1.63. The fourth-order valence-corrected chi connectivity index (χ4v) is 2.99. The van der Waals surface area contributed by atoms with Crippen LogP contribution in [0, 0.1) is 0 Å². The maximum absolute atomic E-state index is 3.63. The first-order valence-corrected chi connectivity index (χ1v) is 7.88. The molecule has 2 fully saturated rings. The minimum absolute atomic E-state index is 0.717. The topological polar surface area (TPSA) is 18.5 Å². The van der Waals surface area contributed by atoms with Crippen molar-refractivity contribution < 1.29 is 0 Å². The van der Waals surface area contributed by atoms with Crippen LogP contribution in [0.25, 0.3) is 0 Å². The van der Waals surface area contributed by atoms with Gasteiger partial charge in [0.05, 0.1) is 0 Å². The summed E-state index contributed by atoms with van der Waals surface area (Å²) in [6.45, 7) is 9.66. The largest absolute Gasteiger partial charge is 0.314 e. The second kappa shape index (κ2) is 6.88. The van der Waals surface area contributed by atoms with Gasteiger partial charge < -0.3 is 15.1 Å². The van der Waals surface area contributed by atoms with Gasteiger partial charge in [0, 0.05) is 18.1 Å². The zero-order chi connectivity index (χ0) is 13.0. The van der Waals surface area contributed by atoms with Gasteiger partial charge in [-0.25, -0.2) is 0 Å². The van der Waals surface area contributed by atoms with Crippen molar-refractivity contribution in [2.24, 2.45) is 0 Å². The van der Waals surface area contributed by atoms with Gasteiger partial charge in [0.25, 0.3) is 0 Å². The third kappa shape index (κ3) is 4.22. The highest BCUT2D eigenvalue weighted by molar-refractivity contribution is 4.83. The van der Waals surface area contributed by atoms with Crippen molar-refractivity contribution in [3.8, 4) is 0 Å². The molecule has 1 saturated heterocycles. The molecule has 18 heavy (non-hydrogen) atoms. The lowest BCUT2D eigenvalue weighted by Crippen LogP contribution is -2.46. The molecule has 1 atom stereocenters. The van der Waals surface area contributed by atoms with Crippen LogP contribution in [0.3, 0.4) is 0 Å². The highest BCUT2D eigenvalue weighted by Gasteiger charge is 2.25. The Bertz CT molecular complexity index is 232. The van der Waals surface area contributed by atoms with Gasteiger partial charge in [-0.15, -0.1) is 0 Å². The number of hydrogen-bond acceptors (Lipinski definition) is 3. The average Bonchev–Trinajstić information content (AvgIpc) is 3.22. The molecule has 2 rings (SSSR count). The first-order chi connectivity index (χ1) is 8.70. The van der Waals surface area contributed by atoms with E-state index in [1.165, 1.54) is 58.3 Å². The van der Waals surface area contributed by atoms with E-state index < -0.39 is 0 Å². The summed E-state index contributed by atoms with van der Waals surface area (Å²) < 4.78 is 0. The van der Waals surface area contributed by atoms with Crippen molar-refractivity contribution in [3.63, 3.8) is 0 Å². The monoisotopic (exact) mass is 253 g/mol. The zero-order valence-electron chi connectivity index (χ0n) is 12.5. The van der Waals surface area contributed by atoms with Crippen LogP contribution < -0.4 is 5.32 Å². The number of rotatable bonds is 7. The Morgan fingerprint density at radius 2 is 1.89 bits per heavy atom. The molecule has 1 saturated carbocycles. The van der Waals surface area contributed by atoms with E-state index >= 15 is 0 Å². The molecular weight excluding hydrogens is 222 g/mol. The summed E-state index contributed by atoms with van der Waals surface area (Å²) in [6.07, 6.45) is 6.80. The summed E-state index contributed by atoms with van der Waals surface area (Å²) in [4.78, 5) is 5.20. The molecule has 2 aliphatic rings. The molecular formula is C15H31N3. The quantitative estimate of drug-likeness (QED) is 0.748. The summed E-state index contributed by atoms with van der Waals surface area (Å²) in [7, 11) is 2.33. The van der Waals surface area contributed by atoms with Crippen LogP contribution in [0.2, 0.25) is 0 Å².